The standard InChI is InChI=1S/C19H40N2O.C2H6.2H2/c1-3-18(2)14-11-13-17-21-19(22)15-10-8-6-4-5-7-9-12-16-20;1-2;;/h18H,3-17,20H2,1-2H3,(H,21,22);1-2H3;2*1H. The number of hydrogen-bond acceptors (Lipinski definition) is 2. The number of nitrogens with two attached hydrogens (primary N) is 1. The molecule has 0 bridgehead atoms. The maximum absolute atomic E-state index is 11.7. The van der Waals surface area contributed by atoms with Gasteiger partial charge in [-0.15, -0.1) is 0 Å². The second-order valence-electron chi connectivity index (χ2n) is 6.73. The lowest BCUT2D eigenvalue weighted by Gasteiger charge is -2.08. The van der Waals surface area contributed by atoms with E-state index in [4.69, 9.17) is 5.73 Å². The van der Waals surface area contributed by atoms with E-state index in [0.29, 0.717) is 6.42 Å². The van der Waals surface area contributed by atoms with Crippen molar-refractivity contribution in [1.82, 2.24) is 5.32 Å². The Morgan fingerprint density at radius 3 is 2.00 bits per heavy atom. The van der Waals surface area contributed by atoms with Crippen molar-refractivity contribution in [2.24, 2.45) is 11.7 Å². The summed E-state index contributed by atoms with van der Waals surface area (Å²) in [6, 6.07) is 0. The average molecular weight is 347 g/mol. The molecule has 150 valence electrons. The molecule has 0 aliphatic carbocycles. The van der Waals surface area contributed by atoms with Crippen LogP contribution in [0.1, 0.15) is 114 Å². The number of hydrogen-bond donors (Lipinski definition) is 2. The molecule has 1 amide bonds. The molecule has 1 atom stereocenters. The van der Waals surface area contributed by atoms with Crippen LogP contribution in [0.4, 0.5) is 0 Å². The van der Waals surface area contributed by atoms with Crippen molar-refractivity contribution in [2.45, 2.75) is 111 Å². The van der Waals surface area contributed by atoms with Crippen molar-refractivity contribution in [3.05, 3.63) is 0 Å². The Bertz CT molecular complexity index is 254. The van der Waals surface area contributed by atoms with Gasteiger partial charge in [-0.25, -0.2) is 0 Å². The summed E-state index contributed by atoms with van der Waals surface area (Å²) in [5.74, 6) is 1.07. The van der Waals surface area contributed by atoms with E-state index in [0.717, 1.165) is 38.3 Å². The van der Waals surface area contributed by atoms with Gasteiger partial charge in [0.05, 0.1) is 0 Å². The zero-order valence-electron chi connectivity index (χ0n) is 17.2. The molecular formula is C21H50N2O. The predicted molar refractivity (Wildman–Crippen MR) is 112 cm³/mol. The Morgan fingerprint density at radius 1 is 0.917 bits per heavy atom. The van der Waals surface area contributed by atoms with Crippen molar-refractivity contribution in [3.63, 3.8) is 0 Å². The molecule has 0 aromatic rings. The molecule has 24 heavy (non-hydrogen) atoms. The van der Waals surface area contributed by atoms with Crippen molar-refractivity contribution in [1.29, 1.82) is 0 Å². The van der Waals surface area contributed by atoms with Crippen LogP contribution in [-0.2, 0) is 4.79 Å². The quantitative estimate of drug-likeness (QED) is 0.322. The largest absolute Gasteiger partial charge is 0.356 e. The highest BCUT2D eigenvalue weighted by molar-refractivity contribution is 5.75. The van der Waals surface area contributed by atoms with Crippen LogP contribution in [0.15, 0.2) is 0 Å². The Labute approximate surface area is 155 Å². The van der Waals surface area contributed by atoms with Crippen molar-refractivity contribution < 1.29 is 7.65 Å². The summed E-state index contributed by atoms with van der Waals surface area (Å²) < 4.78 is 0. The molecule has 3 N–H and O–H groups in total. The summed E-state index contributed by atoms with van der Waals surface area (Å²) in [7, 11) is 0. The highest BCUT2D eigenvalue weighted by atomic mass is 16.1. The summed E-state index contributed by atoms with van der Waals surface area (Å²) in [5, 5.41) is 3.05. The second-order valence-corrected chi connectivity index (χ2v) is 6.73. The molecule has 0 saturated carbocycles. The molecule has 0 radical (unpaired) electrons. The van der Waals surface area contributed by atoms with Crippen molar-refractivity contribution in [3.8, 4) is 0 Å². The van der Waals surface area contributed by atoms with Crippen LogP contribution in [0.2, 0.25) is 0 Å². The molecule has 1 unspecified atom stereocenters. The van der Waals surface area contributed by atoms with E-state index < -0.39 is 0 Å². The van der Waals surface area contributed by atoms with E-state index in [1.807, 2.05) is 13.8 Å². The van der Waals surface area contributed by atoms with Gasteiger partial charge < -0.3 is 11.1 Å². The van der Waals surface area contributed by atoms with Crippen LogP contribution in [0, 0.1) is 5.92 Å². The Kier molecular flexibility index (Phi) is 24.0. The molecule has 0 fully saturated rings. The molecule has 0 spiro atoms. The average Bonchev–Trinajstić information content (AvgIpc) is 2.61. The summed E-state index contributed by atoms with van der Waals surface area (Å²) in [5.41, 5.74) is 5.47. The van der Waals surface area contributed by atoms with E-state index in [1.165, 1.54) is 57.8 Å². The van der Waals surface area contributed by atoms with Crippen molar-refractivity contribution >= 4 is 5.91 Å². The fourth-order valence-corrected chi connectivity index (χ4v) is 2.63. The molecule has 0 aromatic heterocycles. The number of carbonyl (C=O) groups is 1. The Balaban J connectivity index is -0.000000582. The normalized spacial score (nSPS) is 11.5. The number of unbranched alkanes of at least 4 members (excludes halogenated alkanes) is 8. The first-order chi connectivity index (χ1) is 11.7. The summed E-state index contributed by atoms with van der Waals surface area (Å²) in [4.78, 5) is 11.7. The van der Waals surface area contributed by atoms with Crippen LogP contribution in [-0.4, -0.2) is 19.0 Å². The zero-order valence-corrected chi connectivity index (χ0v) is 17.2. The van der Waals surface area contributed by atoms with Gasteiger partial charge in [-0.05, 0) is 31.7 Å². The smallest absolute Gasteiger partial charge is 0.219 e. The van der Waals surface area contributed by atoms with Gasteiger partial charge in [-0.1, -0.05) is 85.5 Å². The van der Waals surface area contributed by atoms with Crippen LogP contribution in [0.5, 0.6) is 0 Å². The third-order valence-electron chi connectivity index (χ3n) is 4.50. The fraction of sp³-hybridized carbons (Fsp3) is 0.952. The number of amides is 1. The molecule has 0 saturated heterocycles. The third kappa shape index (κ3) is 21.4. The highest BCUT2D eigenvalue weighted by Gasteiger charge is 2.02. The van der Waals surface area contributed by atoms with Crippen LogP contribution in [0.3, 0.4) is 0 Å². The van der Waals surface area contributed by atoms with E-state index in [9.17, 15) is 4.79 Å². The minimum atomic E-state index is 0. The molecule has 0 rings (SSSR count). The first-order valence-corrected chi connectivity index (χ1v) is 10.7. The van der Waals surface area contributed by atoms with Gasteiger partial charge in [0, 0.05) is 15.8 Å². The predicted octanol–water partition coefficient (Wildman–Crippen LogP) is 6.31. The summed E-state index contributed by atoms with van der Waals surface area (Å²) in [6.45, 7) is 10.2. The number of carbonyl (C=O) groups excluding carboxylic acids is 1. The molecule has 0 heterocycles. The molecule has 0 aliphatic rings. The SMILES string of the molecule is CC.CCC(C)CCCCNC(=O)CCCCCCCCCCN.[HH].[HH]. The number of nitrogens with one attached hydrogen (secondary N) is 1. The second kappa shape index (κ2) is 22.4. The van der Waals surface area contributed by atoms with Crippen LogP contribution < -0.4 is 11.1 Å². The van der Waals surface area contributed by atoms with E-state index in [2.05, 4.69) is 19.2 Å². The lowest BCUT2D eigenvalue weighted by atomic mass is 10.0. The Morgan fingerprint density at radius 2 is 1.46 bits per heavy atom. The van der Waals surface area contributed by atoms with Crippen molar-refractivity contribution in [2.75, 3.05) is 13.1 Å². The minimum absolute atomic E-state index is 0. The van der Waals surface area contributed by atoms with E-state index in [-0.39, 0.29) is 8.76 Å². The molecule has 3 nitrogen and oxygen atoms in total. The topological polar surface area (TPSA) is 55.1 Å². The van der Waals surface area contributed by atoms with Gasteiger partial charge in [0.15, 0.2) is 0 Å². The van der Waals surface area contributed by atoms with E-state index >= 15 is 0 Å². The third-order valence-corrected chi connectivity index (χ3v) is 4.50. The maximum atomic E-state index is 11.7. The van der Waals surface area contributed by atoms with Crippen LogP contribution >= 0.6 is 0 Å². The van der Waals surface area contributed by atoms with Gasteiger partial charge in [0.2, 0.25) is 5.91 Å². The molecule has 3 heteroatoms. The van der Waals surface area contributed by atoms with Crippen LogP contribution in [0.25, 0.3) is 0 Å². The van der Waals surface area contributed by atoms with Gasteiger partial charge in [0.1, 0.15) is 0 Å². The maximum Gasteiger partial charge on any atom is 0.219 e. The number of rotatable bonds is 16. The van der Waals surface area contributed by atoms with Gasteiger partial charge in [-0.2, -0.15) is 0 Å². The zero-order chi connectivity index (χ0) is 18.5. The van der Waals surface area contributed by atoms with Gasteiger partial charge in [-0.3, -0.25) is 4.79 Å². The lowest BCUT2D eigenvalue weighted by Crippen LogP contribution is -2.24. The molecule has 0 aromatic carbocycles. The first-order valence-electron chi connectivity index (χ1n) is 10.7. The fourth-order valence-electron chi connectivity index (χ4n) is 2.63. The van der Waals surface area contributed by atoms with Gasteiger partial charge >= 0.3 is 0 Å². The molecule has 0 aliphatic heterocycles. The summed E-state index contributed by atoms with van der Waals surface area (Å²) >= 11 is 0. The Hall–Kier alpha value is -0.570. The highest BCUT2D eigenvalue weighted by Crippen LogP contribution is 2.11. The monoisotopic (exact) mass is 346 g/mol. The van der Waals surface area contributed by atoms with E-state index in [1.54, 1.807) is 0 Å². The lowest BCUT2D eigenvalue weighted by molar-refractivity contribution is -0.121. The first kappa shape index (κ1) is 25.7. The molecular weight excluding hydrogens is 296 g/mol. The van der Waals surface area contributed by atoms with Gasteiger partial charge in [0.25, 0.3) is 0 Å². The minimum Gasteiger partial charge on any atom is -0.356 e. The summed E-state index contributed by atoms with van der Waals surface area (Å²) in [6.07, 6.45) is 15.5.